The standard InChI is InChI=1S/C12H11N.H2N2/c1-3-7-11(8-4-1)13-12-9-5-2-6-10-12;1-2/h1-10,13H;1-2H. The van der Waals surface area contributed by atoms with Gasteiger partial charge in [0.25, 0.3) is 0 Å². The van der Waals surface area contributed by atoms with Crippen molar-refractivity contribution in [2.45, 2.75) is 0 Å². The molecule has 2 aromatic carbocycles. The minimum atomic E-state index is 1.12. The first kappa shape index (κ1) is 10.9. The molecule has 2 rings (SSSR count). The van der Waals surface area contributed by atoms with E-state index in [1.807, 2.05) is 60.7 Å². The molecule has 0 spiro atoms. The van der Waals surface area contributed by atoms with Crippen LogP contribution in [0.4, 0.5) is 11.4 Å². The molecule has 0 aliphatic heterocycles. The van der Waals surface area contributed by atoms with E-state index in [0.29, 0.717) is 0 Å². The molecule has 15 heavy (non-hydrogen) atoms. The third kappa shape index (κ3) is 3.60. The van der Waals surface area contributed by atoms with E-state index in [9.17, 15) is 0 Å². The van der Waals surface area contributed by atoms with Crippen molar-refractivity contribution in [1.82, 2.24) is 0 Å². The van der Waals surface area contributed by atoms with Gasteiger partial charge in [-0.3, -0.25) is 0 Å². The molecule has 0 fully saturated rings. The van der Waals surface area contributed by atoms with Gasteiger partial charge >= 0.3 is 0 Å². The van der Waals surface area contributed by atoms with Gasteiger partial charge < -0.3 is 5.32 Å². The maximum absolute atomic E-state index is 5.00. The zero-order valence-electron chi connectivity index (χ0n) is 8.27. The summed E-state index contributed by atoms with van der Waals surface area (Å²) in [6, 6.07) is 20.3. The summed E-state index contributed by atoms with van der Waals surface area (Å²) in [5.74, 6) is 0. The predicted octanol–water partition coefficient (Wildman–Crippen LogP) is 4.03. The summed E-state index contributed by atoms with van der Waals surface area (Å²) in [4.78, 5) is 0. The van der Waals surface area contributed by atoms with Gasteiger partial charge in [-0.1, -0.05) is 36.4 Å². The molecule has 3 N–H and O–H groups in total. The summed E-state index contributed by atoms with van der Waals surface area (Å²) < 4.78 is 0. The van der Waals surface area contributed by atoms with E-state index in [4.69, 9.17) is 11.1 Å². The number of anilines is 2. The van der Waals surface area contributed by atoms with Crippen molar-refractivity contribution in [3.05, 3.63) is 60.7 Å². The van der Waals surface area contributed by atoms with E-state index in [-0.39, 0.29) is 0 Å². The van der Waals surface area contributed by atoms with E-state index in [0.717, 1.165) is 11.4 Å². The van der Waals surface area contributed by atoms with Crippen LogP contribution in [0.2, 0.25) is 0 Å². The molecule has 0 aromatic heterocycles. The lowest BCUT2D eigenvalue weighted by Crippen LogP contribution is -1.87. The zero-order valence-corrected chi connectivity index (χ0v) is 8.27. The molecule has 2 aromatic rings. The van der Waals surface area contributed by atoms with Gasteiger partial charge in [-0.05, 0) is 24.3 Å². The Morgan fingerprint density at radius 1 is 0.600 bits per heavy atom. The lowest BCUT2D eigenvalue weighted by molar-refractivity contribution is 1.05. The van der Waals surface area contributed by atoms with Crippen LogP contribution in [-0.4, -0.2) is 0 Å². The minimum Gasteiger partial charge on any atom is -0.356 e. The van der Waals surface area contributed by atoms with Crippen LogP contribution in [0.1, 0.15) is 0 Å². The predicted molar refractivity (Wildman–Crippen MR) is 61.6 cm³/mol. The molecule has 76 valence electrons. The molecule has 0 bridgehead atoms. The average Bonchev–Trinajstić information content (AvgIpc) is 2.34. The van der Waals surface area contributed by atoms with Crippen molar-refractivity contribution < 1.29 is 0 Å². The lowest BCUT2D eigenvalue weighted by atomic mass is 10.3. The highest BCUT2D eigenvalue weighted by Gasteiger charge is 1.89. The fraction of sp³-hybridized carbons (Fsp3) is 0. The van der Waals surface area contributed by atoms with Crippen molar-refractivity contribution >= 4 is 11.4 Å². The fourth-order valence-corrected chi connectivity index (χ4v) is 1.21. The summed E-state index contributed by atoms with van der Waals surface area (Å²) in [7, 11) is 0. The van der Waals surface area contributed by atoms with E-state index in [1.54, 1.807) is 0 Å². The Morgan fingerprint density at radius 3 is 1.27 bits per heavy atom. The first-order chi connectivity index (χ1) is 7.45. The number of para-hydroxylation sites is 2. The third-order valence-electron chi connectivity index (χ3n) is 1.84. The van der Waals surface area contributed by atoms with Crippen LogP contribution in [0.3, 0.4) is 0 Å². The molecular weight excluding hydrogens is 186 g/mol. The fourth-order valence-electron chi connectivity index (χ4n) is 1.21. The summed E-state index contributed by atoms with van der Waals surface area (Å²) in [6.45, 7) is 0. The number of nitrogens with one attached hydrogen (secondary N) is 3. The highest BCUT2D eigenvalue weighted by atomic mass is 14.9. The maximum atomic E-state index is 5.00. The van der Waals surface area contributed by atoms with Crippen LogP contribution >= 0.6 is 0 Å². The third-order valence-corrected chi connectivity index (χ3v) is 1.84. The summed E-state index contributed by atoms with van der Waals surface area (Å²) in [5.41, 5.74) is 12.2. The molecule has 0 heterocycles. The van der Waals surface area contributed by atoms with Crippen molar-refractivity contribution in [1.29, 1.82) is 11.1 Å². The Hall–Kier alpha value is -2.16. The van der Waals surface area contributed by atoms with Gasteiger partial charge in [0, 0.05) is 11.4 Å². The van der Waals surface area contributed by atoms with Crippen molar-refractivity contribution in [3.63, 3.8) is 0 Å². The normalized spacial score (nSPS) is 8.53. The largest absolute Gasteiger partial charge is 0.356 e. The second kappa shape index (κ2) is 6.32. The molecule has 3 nitrogen and oxygen atoms in total. The molecule has 0 amide bonds. The highest BCUT2D eigenvalue weighted by Crippen LogP contribution is 2.14. The molecule has 0 unspecified atom stereocenters. The molecule has 0 aliphatic rings. The van der Waals surface area contributed by atoms with Gasteiger partial charge in [0.15, 0.2) is 0 Å². The Kier molecular flexibility index (Phi) is 4.60. The molecule has 0 radical (unpaired) electrons. The summed E-state index contributed by atoms with van der Waals surface area (Å²) in [5, 5.41) is 3.30. The summed E-state index contributed by atoms with van der Waals surface area (Å²) >= 11 is 0. The second-order valence-electron chi connectivity index (χ2n) is 2.86. The van der Waals surface area contributed by atoms with Gasteiger partial charge in [-0.15, -0.1) is 0 Å². The first-order valence-electron chi connectivity index (χ1n) is 4.57. The lowest BCUT2D eigenvalue weighted by Gasteiger charge is -2.04. The second-order valence-corrected chi connectivity index (χ2v) is 2.86. The average molecular weight is 199 g/mol. The monoisotopic (exact) mass is 199 g/mol. The SMILES string of the molecule is N=N.c1ccc(Nc2ccccc2)cc1. The highest BCUT2D eigenvalue weighted by molar-refractivity contribution is 5.58. The van der Waals surface area contributed by atoms with Gasteiger partial charge in [0.1, 0.15) is 0 Å². The van der Waals surface area contributed by atoms with Crippen LogP contribution in [0, 0.1) is 11.1 Å². The van der Waals surface area contributed by atoms with Gasteiger partial charge in [0.05, 0.1) is 0 Å². The van der Waals surface area contributed by atoms with Crippen molar-refractivity contribution in [2.24, 2.45) is 0 Å². The van der Waals surface area contributed by atoms with Crippen molar-refractivity contribution in [2.75, 3.05) is 5.32 Å². The van der Waals surface area contributed by atoms with Crippen molar-refractivity contribution in [3.8, 4) is 0 Å². The van der Waals surface area contributed by atoms with Crippen LogP contribution in [0.15, 0.2) is 60.7 Å². The molecule has 0 saturated heterocycles. The number of hydrogen-bond donors (Lipinski definition) is 3. The van der Waals surface area contributed by atoms with Gasteiger partial charge in [-0.25, -0.2) is 11.1 Å². The van der Waals surface area contributed by atoms with Crippen LogP contribution < -0.4 is 5.32 Å². The van der Waals surface area contributed by atoms with Crippen LogP contribution in [0.5, 0.6) is 0 Å². The molecule has 0 saturated carbocycles. The summed E-state index contributed by atoms with van der Waals surface area (Å²) in [6.07, 6.45) is 0. The Balaban J connectivity index is 0.000000531. The van der Waals surface area contributed by atoms with E-state index in [2.05, 4.69) is 5.32 Å². The number of benzene rings is 2. The quantitative estimate of drug-likeness (QED) is 0.628. The van der Waals surface area contributed by atoms with E-state index >= 15 is 0 Å². The molecule has 0 atom stereocenters. The van der Waals surface area contributed by atoms with E-state index in [1.165, 1.54) is 0 Å². The molecule has 0 aliphatic carbocycles. The number of rotatable bonds is 2. The maximum Gasteiger partial charge on any atom is 0.0384 e. The minimum absolute atomic E-state index is 1.12. The molecule has 3 heteroatoms. The van der Waals surface area contributed by atoms with Gasteiger partial charge in [-0.2, -0.15) is 0 Å². The first-order valence-corrected chi connectivity index (χ1v) is 4.57. The Bertz CT molecular complexity index is 335. The zero-order chi connectivity index (χ0) is 10.9. The Morgan fingerprint density at radius 2 is 0.933 bits per heavy atom. The van der Waals surface area contributed by atoms with Crippen LogP contribution in [-0.2, 0) is 0 Å². The van der Waals surface area contributed by atoms with Crippen LogP contribution in [0.25, 0.3) is 0 Å². The molecular formula is C12H13N3. The topological polar surface area (TPSA) is 59.7 Å². The number of hydrogen-bond acceptors (Lipinski definition) is 3. The van der Waals surface area contributed by atoms with E-state index < -0.39 is 0 Å². The van der Waals surface area contributed by atoms with Gasteiger partial charge in [0.2, 0.25) is 0 Å². The smallest absolute Gasteiger partial charge is 0.0384 e. The Labute approximate surface area is 89.1 Å².